The van der Waals surface area contributed by atoms with E-state index in [9.17, 15) is 14.4 Å². The standard InChI is InChI=1S/C15H17N3O7S/c1-3-23-6-5-10-11(16-15(26-10)17-12(19)13(20)21)9-7-8(18-25-9)14(22)24-4-2/h7H,3-6H2,1-2H3,(H,20,21)(H,16,17,19). The second-order valence-corrected chi connectivity index (χ2v) is 5.88. The summed E-state index contributed by atoms with van der Waals surface area (Å²) in [6.45, 7) is 4.66. The molecule has 0 atom stereocenters. The summed E-state index contributed by atoms with van der Waals surface area (Å²) < 4.78 is 15.3. The van der Waals surface area contributed by atoms with Crippen LogP contribution in [0.25, 0.3) is 11.5 Å². The Labute approximate surface area is 152 Å². The zero-order valence-corrected chi connectivity index (χ0v) is 14.9. The van der Waals surface area contributed by atoms with Crippen LogP contribution in [-0.2, 0) is 25.5 Å². The Balaban J connectivity index is 2.29. The second-order valence-electron chi connectivity index (χ2n) is 4.79. The topological polar surface area (TPSA) is 141 Å². The number of aliphatic carboxylic acids is 1. The molecule has 0 aliphatic rings. The first-order valence-corrected chi connectivity index (χ1v) is 8.53. The van der Waals surface area contributed by atoms with Gasteiger partial charge < -0.3 is 19.1 Å². The Morgan fingerprint density at radius 1 is 1.31 bits per heavy atom. The number of anilines is 1. The highest BCUT2D eigenvalue weighted by molar-refractivity contribution is 7.16. The summed E-state index contributed by atoms with van der Waals surface area (Å²) in [6, 6.07) is 1.38. The second kappa shape index (κ2) is 9.06. The van der Waals surface area contributed by atoms with Crippen molar-refractivity contribution < 1.29 is 33.5 Å². The van der Waals surface area contributed by atoms with Gasteiger partial charge in [-0.2, -0.15) is 0 Å². The molecule has 2 aromatic rings. The number of esters is 1. The fourth-order valence-electron chi connectivity index (χ4n) is 1.92. The van der Waals surface area contributed by atoms with Gasteiger partial charge in [-0.3, -0.25) is 10.1 Å². The van der Waals surface area contributed by atoms with E-state index in [0.29, 0.717) is 30.2 Å². The molecular formula is C15H17N3O7S. The van der Waals surface area contributed by atoms with Crippen LogP contribution < -0.4 is 5.32 Å². The number of carboxylic acids is 1. The van der Waals surface area contributed by atoms with E-state index in [0.717, 1.165) is 11.3 Å². The average molecular weight is 383 g/mol. The maximum absolute atomic E-state index is 11.7. The molecule has 2 rings (SSSR count). The molecule has 2 heterocycles. The molecule has 10 nitrogen and oxygen atoms in total. The molecule has 0 unspecified atom stereocenters. The van der Waals surface area contributed by atoms with Gasteiger partial charge in [0.25, 0.3) is 0 Å². The summed E-state index contributed by atoms with van der Waals surface area (Å²) in [5.74, 6) is -3.26. The van der Waals surface area contributed by atoms with Crippen LogP contribution in [0.1, 0.15) is 29.2 Å². The number of thiazole rings is 1. The molecule has 0 fully saturated rings. The van der Waals surface area contributed by atoms with Crippen molar-refractivity contribution in [1.82, 2.24) is 10.1 Å². The Kier molecular flexibility index (Phi) is 6.81. The molecule has 1 amide bonds. The number of ether oxygens (including phenoxy) is 2. The van der Waals surface area contributed by atoms with Gasteiger partial charge in [-0.25, -0.2) is 14.6 Å². The number of carbonyl (C=O) groups is 3. The van der Waals surface area contributed by atoms with Crippen molar-refractivity contribution in [3.05, 3.63) is 16.6 Å². The molecule has 140 valence electrons. The summed E-state index contributed by atoms with van der Waals surface area (Å²) in [4.78, 5) is 38.6. The molecule has 26 heavy (non-hydrogen) atoms. The molecule has 0 saturated carbocycles. The molecule has 0 spiro atoms. The Morgan fingerprint density at radius 3 is 2.73 bits per heavy atom. The van der Waals surface area contributed by atoms with E-state index in [1.165, 1.54) is 6.07 Å². The Bertz CT molecular complexity index is 799. The summed E-state index contributed by atoms with van der Waals surface area (Å²) in [5.41, 5.74) is 0.333. The van der Waals surface area contributed by atoms with Gasteiger partial charge in [0, 0.05) is 24.0 Å². The van der Waals surface area contributed by atoms with E-state index in [4.69, 9.17) is 19.1 Å². The molecule has 0 bridgehead atoms. The van der Waals surface area contributed by atoms with E-state index < -0.39 is 17.8 Å². The van der Waals surface area contributed by atoms with Crippen LogP contribution in [0.4, 0.5) is 5.13 Å². The fourth-order valence-corrected chi connectivity index (χ4v) is 2.86. The van der Waals surface area contributed by atoms with Crippen molar-refractivity contribution in [3.63, 3.8) is 0 Å². The lowest BCUT2D eigenvalue weighted by Gasteiger charge is -1.99. The van der Waals surface area contributed by atoms with Crippen LogP contribution in [0.5, 0.6) is 0 Å². The van der Waals surface area contributed by atoms with Crippen molar-refractivity contribution in [1.29, 1.82) is 0 Å². The molecule has 2 N–H and O–H groups in total. The number of carboxylic acid groups (broad SMARTS) is 1. The highest BCUT2D eigenvalue weighted by Gasteiger charge is 2.22. The number of aromatic nitrogens is 2. The summed E-state index contributed by atoms with van der Waals surface area (Å²) in [6.07, 6.45) is 0.458. The van der Waals surface area contributed by atoms with Crippen LogP contribution in [0.2, 0.25) is 0 Å². The Morgan fingerprint density at radius 2 is 2.08 bits per heavy atom. The first kappa shape index (κ1) is 19.5. The van der Waals surface area contributed by atoms with E-state index in [1.807, 2.05) is 6.92 Å². The third-order valence-electron chi connectivity index (χ3n) is 3.02. The monoisotopic (exact) mass is 383 g/mol. The predicted octanol–water partition coefficient (Wildman–Crippen LogP) is 1.58. The summed E-state index contributed by atoms with van der Waals surface area (Å²) in [7, 11) is 0. The quantitative estimate of drug-likeness (QED) is 0.395. The minimum atomic E-state index is -1.62. The Hall–Kier alpha value is -2.79. The molecular weight excluding hydrogens is 366 g/mol. The van der Waals surface area contributed by atoms with Crippen LogP contribution in [-0.4, -0.2) is 52.9 Å². The van der Waals surface area contributed by atoms with Crippen molar-refractivity contribution >= 4 is 34.3 Å². The smallest absolute Gasteiger partial charge is 0.394 e. The predicted molar refractivity (Wildman–Crippen MR) is 90.0 cm³/mol. The minimum absolute atomic E-state index is 0.0123. The number of nitrogens with zero attached hydrogens (tertiary/aromatic N) is 2. The van der Waals surface area contributed by atoms with E-state index in [2.05, 4.69) is 15.5 Å². The van der Waals surface area contributed by atoms with Gasteiger partial charge in [-0.05, 0) is 13.8 Å². The molecule has 0 aliphatic carbocycles. The van der Waals surface area contributed by atoms with Gasteiger partial charge in [-0.15, -0.1) is 11.3 Å². The normalized spacial score (nSPS) is 10.5. The molecule has 0 aliphatic heterocycles. The van der Waals surface area contributed by atoms with Crippen molar-refractivity contribution in [3.8, 4) is 11.5 Å². The lowest BCUT2D eigenvalue weighted by molar-refractivity contribution is -0.147. The lowest BCUT2D eigenvalue weighted by atomic mass is 10.2. The highest BCUT2D eigenvalue weighted by atomic mass is 32.1. The third-order valence-corrected chi connectivity index (χ3v) is 4.05. The average Bonchev–Trinajstić information content (AvgIpc) is 3.22. The minimum Gasteiger partial charge on any atom is -0.474 e. The lowest BCUT2D eigenvalue weighted by Crippen LogP contribution is -2.21. The van der Waals surface area contributed by atoms with Crippen molar-refractivity contribution in [2.24, 2.45) is 0 Å². The van der Waals surface area contributed by atoms with Crippen molar-refractivity contribution in [2.75, 3.05) is 25.1 Å². The maximum Gasteiger partial charge on any atom is 0.394 e. The maximum atomic E-state index is 11.7. The van der Waals surface area contributed by atoms with Crippen LogP contribution >= 0.6 is 11.3 Å². The molecule has 0 aromatic carbocycles. The summed E-state index contributed by atoms with van der Waals surface area (Å²) >= 11 is 1.09. The number of nitrogens with one attached hydrogen (secondary N) is 1. The van der Waals surface area contributed by atoms with Crippen LogP contribution in [0.15, 0.2) is 10.6 Å². The van der Waals surface area contributed by atoms with Crippen LogP contribution in [0.3, 0.4) is 0 Å². The number of carbonyl (C=O) groups excluding carboxylic acids is 2. The van der Waals surface area contributed by atoms with Gasteiger partial charge >= 0.3 is 17.8 Å². The molecule has 11 heteroatoms. The summed E-state index contributed by atoms with van der Waals surface area (Å²) in [5, 5.41) is 14.6. The van der Waals surface area contributed by atoms with E-state index >= 15 is 0 Å². The van der Waals surface area contributed by atoms with Gasteiger partial charge in [0.05, 0.1) is 13.2 Å². The van der Waals surface area contributed by atoms with Gasteiger partial charge in [0.15, 0.2) is 16.6 Å². The fraction of sp³-hybridized carbons (Fsp3) is 0.400. The first-order valence-electron chi connectivity index (χ1n) is 7.72. The van der Waals surface area contributed by atoms with Crippen LogP contribution in [0, 0.1) is 0 Å². The number of rotatable bonds is 8. The van der Waals surface area contributed by atoms with E-state index in [1.54, 1.807) is 6.92 Å². The zero-order chi connectivity index (χ0) is 19.1. The van der Waals surface area contributed by atoms with E-state index in [-0.39, 0.29) is 23.2 Å². The van der Waals surface area contributed by atoms with Gasteiger partial charge in [-0.1, -0.05) is 5.16 Å². The number of hydrogen-bond acceptors (Lipinski definition) is 9. The van der Waals surface area contributed by atoms with Gasteiger partial charge in [0.1, 0.15) is 5.69 Å². The third kappa shape index (κ3) is 4.86. The number of amides is 1. The van der Waals surface area contributed by atoms with Crippen molar-refractivity contribution in [2.45, 2.75) is 20.3 Å². The highest BCUT2D eigenvalue weighted by Crippen LogP contribution is 2.32. The molecule has 0 saturated heterocycles. The SMILES string of the molecule is CCOCCc1sc(NC(=O)C(=O)O)nc1-c1cc(C(=O)OCC)no1. The molecule has 0 radical (unpaired) electrons. The first-order chi connectivity index (χ1) is 12.5. The zero-order valence-electron chi connectivity index (χ0n) is 14.1. The molecule has 2 aromatic heterocycles. The number of hydrogen-bond donors (Lipinski definition) is 2. The van der Waals surface area contributed by atoms with Gasteiger partial charge in [0.2, 0.25) is 0 Å². The largest absolute Gasteiger partial charge is 0.474 e.